The molecule has 0 aromatic heterocycles. The Morgan fingerprint density at radius 2 is 1.53 bits per heavy atom. The number of nitrogens with one attached hydrogen (secondary N) is 1. The van der Waals surface area contributed by atoms with Crippen molar-refractivity contribution in [2.45, 2.75) is 30.8 Å². The summed E-state index contributed by atoms with van der Waals surface area (Å²) in [5, 5.41) is 3.15. The SMILES string of the molecule is CNC(=O)C(Cc1ccccc1)N(Cc1cccc(Cl)c1)C(=O)CN(c1ccc(C)cc1)S(=O)(=O)c1ccc(OC)cc1. The van der Waals surface area contributed by atoms with E-state index in [1.165, 1.54) is 31.2 Å². The predicted octanol–water partition coefficient (Wildman–Crippen LogP) is 5.24. The molecule has 0 aliphatic heterocycles. The highest BCUT2D eigenvalue weighted by molar-refractivity contribution is 7.92. The van der Waals surface area contributed by atoms with E-state index < -0.39 is 28.5 Å². The van der Waals surface area contributed by atoms with Crippen LogP contribution in [0.2, 0.25) is 5.02 Å². The van der Waals surface area contributed by atoms with Gasteiger partial charge < -0.3 is 15.0 Å². The van der Waals surface area contributed by atoms with Gasteiger partial charge in [-0.1, -0.05) is 71.8 Å². The zero-order valence-corrected chi connectivity index (χ0v) is 25.8. The summed E-state index contributed by atoms with van der Waals surface area (Å²) in [4.78, 5) is 29.0. The molecule has 10 heteroatoms. The molecular weight excluding hydrogens is 586 g/mol. The third-order valence-corrected chi connectivity index (χ3v) is 9.03. The maximum Gasteiger partial charge on any atom is 0.264 e. The summed E-state index contributed by atoms with van der Waals surface area (Å²) in [5.74, 6) is -0.430. The van der Waals surface area contributed by atoms with Gasteiger partial charge in [0.05, 0.1) is 17.7 Å². The third kappa shape index (κ3) is 7.94. The van der Waals surface area contributed by atoms with E-state index in [4.69, 9.17) is 16.3 Å². The maximum atomic E-state index is 14.3. The number of carbonyl (C=O) groups is 2. The molecule has 0 heterocycles. The Labute approximate surface area is 257 Å². The number of likely N-dealkylation sites (N-methyl/N-ethyl adjacent to an activating group) is 1. The van der Waals surface area contributed by atoms with Crippen LogP contribution in [0.1, 0.15) is 16.7 Å². The molecular formula is C33H34ClN3O5S. The summed E-state index contributed by atoms with van der Waals surface area (Å²) in [6.07, 6.45) is 0.225. The van der Waals surface area contributed by atoms with Gasteiger partial charge in [0.1, 0.15) is 18.3 Å². The second kappa shape index (κ2) is 14.2. The summed E-state index contributed by atoms with van der Waals surface area (Å²) in [7, 11) is -1.20. The molecule has 0 saturated heterocycles. The van der Waals surface area contributed by atoms with Crippen LogP contribution in [0.25, 0.3) is 0 Å². The van der Waals surface area contributed by atoms with Crippen molar-refractivity contribution < 1.29 is 22.7 Å². The second-order valence-corrected chi connectivity index (χ2v) is 12.3. The molecule has 1 N–H and O–H groups in total. The highest BCUT2D eigenvalue weighted by Crippen LogP contribution is 2.27. The minimum Gasteiger partial charge on any atom is -0.497 e. The first-order valence-electron chi connectivity index (χ1n) is 13.6. The lowest BCUT2D eigenvalue weighted by atomic mass is 10.0. The van der Waals surface area contributed by atoms with Crippen molar-refractivity contribution in [1.82, 2.24) is 10.2 Å². The van der Waals surface area contributed by atoms with E-state index in [0.29, 0.717) is 22.0 Å². The smallest absolute Gasteiger partial charge is 0.264 e. The minimum atomic E-state index is -4.20. The number of rotatable bonds is 12. The Morgan fingerprint density at radius 3 is 2.14 bits per heavy atom. The minimum absolute atomic E-state index is 0.00444. The summed E-state index contributed by atoms with van der Waals surface area (Å²) in [6, 6.07) is 28.3. The first-order valence-corrected chi connectivity index (χ1v) is 15.5. The number of hydrogen-bond donors (Lipinski definition) is 1. The summed E-state index contributed by atoms with van der Waals surface area (Å²) >= 11 is 6.25. The molecule has 43 heavy (non-hydrogen) atoms. The van der Waals surface area contributed by atoms with Crippen LogP contribution in [0.3, 0.4) is 0 Å². The molecule has 2 amide bonds. The largest absolute Gasteiger partial charge is 0.497 e. The highest BCUT2D eigenvalue weighted by atomic mass is 35.5. The average molecular weight is 620 g/mol. The molecule has 8 nitrogen and oxygen atoms in total. The van der Waals surface area contributed by atoms with Crippen LogP contribution in [-0.2, 0) is 32.6 Å². The monoisotopic (exact) mass is 619 g/mol. The van der Waals surface area contributed by atoms with Gasteiger partial charge in [-0.15, -0.1) is 0 Å². The fraction of sp³-hybridized carbons (Fsp3) is 0.212. The average Bonchev–Trinajstić information content (AvgIpc) is 3.02. The van der Waals surface area contributed by atoms with E-state index in [1.807, 2.05) is 37.3 Å². The molecule has 224 valence electrons. The van der Waals surface area contributed by atoms with Gasteiger partial charge in [0, 0.05) is 25.0 Å². The van der Waals surface area contributed by atoms with E-state index in [9.17, 15) is 18.0 Å². The third-order valence-electron chi connectivity index (χ3n) is 7.01. The van der Waals surface area contributed by atoms with Crippen molar-refractivity contribution in [2.75, 3.05) is 25.0 Å². The number of anilines is 1. The van der Waals surface area contributed by atoms with Crippen LogP contribution in [-0.4, -0.2) is 51.9 Å². The normalized spacial score (nSPS) is 11.8. The Balaban J connectivity index is 1.78. The van der Waals surface area contributed by atoms with Crippen LogP contribution in [0, 0.1) is 6.92 Å². The van der Waals surface area contributed by atoms with E-state index in [2.05, 4.69) is 5.32 Å². The number of nitrogens with zero attached hydrogens (tertiary/aromatic N) is 2. The van der Waals surface area contributed by atoms with Crippen molar-refractivity contribution >= 4 is 39.1 Å². The fourth-order valence-corrected chi connectivity index (χ4v) is 6.29. The maximum absolute atomic E-state index is 14.3. The number of benzene rings is 4. The Bertz CT molecular complexity index is 1650. The first-order chi connectivity index (χ1) is 20.6. The van der Waals surface area contributed by atoms with Crippen LogP contribution < -0.4 is 14.4 Å². The second-order valence-electron chi connectivity index (χ2n) is 9.99. The van der Waals surface area contributed by atoms with Crippen molar-refractivity contribution in [2.24, 2.45) is 0 Å². The molecule has 0 aliphatic carbocycles. The summed E-state index contributed by atoms with van der Waals surface area (Å²) in [6.45, 7) is 1.39. The van der Waals surface area contributed by atoms with E-state index in [-0.39, 0.29) is 23.8 Å². The molecule has 0 fully saturated rings. The molecule has 4 rings (SSSR count). The lowest BCUT2D eigenvalue weighted by Gasteiger charge is -2.33. The molecule has 0 spiro atoms. The van der Waals surface area contributed by atoms with Crippen molar-refractivity contribution in [3.63, 3.8) is 0 Å². The molecule has 4 aromatic rings. The van der Waals surface area contributed by atoms with Gasteiger partial charge in [-0.3, -0.25) is 13.9 Å². The van der Waals surface area contributed by atoms with Crippen LogP contribution in [0.15, 0.2) is 108 Å². The quantitative estimate of drug-likeness (QED) is 0.234. The first kappa shape index (κ1) is 31.6. The van der Waals surface area contributed by atoms with Gasteiger partial charge in [0.25, 0.3) is 10.0 Å². The summed E-state index contributed by atoms with van der Waals surface area (Å²) < 4.78 is 34.4. The van der Waals surface area contributed by atoms with Gasteiger partial charge in [-0.25, -0.2) is 8.42 Å². The van der Waals surface area contributed by atoms with E-state index >= 15 is 0 Å². The fourth-order valence-electron chi connectivity index (χ4n) is 4.67. The number of methoxy groups -OCH3 is 1. The van der Waals surface area contributed by atoms with Gasteiger partial charge in [0.2, 0.25) is 11.8 Å². The van der Waals surface area contributed by atoms with Gasteiger partial charge in [-0.05, 0) is 66.6 Å². The standard InChI is InChI=1S/C33H34ClN3O5S/c1-24-12-14-28(15-13-24)37(43(40,41)30-18-16-29(42-3)17-19-30)23-32(38)36(22-26-10-7-11-27(34)20-26)31(33(39)35-2)21-25-8-5-4-6-9-25/h4-20,31H,21-23H2,1-3H3,(H,35,39). The highest BCUT2D eigenvalue weighted by Gasteiger charge is 2.34. The molecule has 0 bridgehead atoms. The van der Waals surface area contributed by atoms with E-state index in [1.54, 1.807) is 60.7 Å². The number of sulfonamides is 1. The zero-order chi connectivity index (χ0) is 31.0. The number of ether oxygens (including phenoxy) is 1. The lowest BCUT2D eigenvalue weighted by Crippen LogP contribution is -2.53. The van der Waals surface area contributed by atoms with Crippen molar-refractivity contribution in [1.29, 1.82) is 0 Å². The number of carbonyl (C=O) groups excluding carboxylic acids is 2. The Morgan fingerprint density at radius 1 is 0.884 bits per heavy atom. The molecule has 1 atom stereocenters. The Hall–Kier alpha value is -4.34. The van der Waals surface area contributed by atoms with Crippen molar-refractivity contribution in [3.05, 3.63) is 125 Å². The molecule has 1 unspecified atom stereocenters. The number of aryl methyl sites for hydroxylation is 1. The Kier molecular flexibility index (Phi) is 10.4. The van der Waals surface area contributed by atoms with Gasteiger partial charge >= 0.3 is 0 Å². The molecule has 0 saturated carbocycles. The van der Waals surface area contributed by atoms with Gasteiger partial charge in [0.15, 0.2) is 0 Å². The number of hydrogen-bond acceptors (Lipinski definition) is 5. The van der Waals surface area contributed by atoms with Crippen LogP contribution in [0.5, 0.6) is 5.75 Å². The van der Waals surface area contributed by atoms with Crippen LogP contribution in [0.4, 0.5) is 5.69 Å². The summed E-state index contributed by atoms with van der Waals surface area (Å²) in [5.41, 5.74) is 2.79. The topological polar surface area (TPSA) is 96.0 Å². The molecule has 0 aliphatic rings. The zero-order valence-electron chi connectivity index (χ0n) is 24.2. The predicted molar refractivity (Wildman–Crippen MR) is 169 cm³/mol. The van der Waals surface area contributed by atoms with E-state index in [0.717, 1.165) is 15.4 Å². The molecule has 4 aromatic carbocycles. The van der Waals surface area contributed by atoms with Gasteiger partial charge in [-0.2, -0.15) is 0 Å². The van der Waals surface area contributed by atoms with Crippen molar-refractivity contribution in [3.8, 4) is 5.75 Å². The molecule has 0 radical (unpaired) electrons. The number of halogens is 1. The van der Waals surface area contributed by atoms with Crippen LogP contribution >= 0.6 is 11.6 Å². The number of amides is 2. The lowest BCUT2D eigenvalue weighted by molar-refractivity contribution is -0.139.